The molecule has 218 valence electrons. The summed E-state index contributed by atoms with van der Waals surface area (Å²) < 4.78 is 30.6. The Morgan fingerprint density at radius 1 is 0.643 bits per heavy atom. The predicted octanol–water partition coefficient (Wildman–Crippen LogP) is 6.05. The van der Waals surface area contributed by atoms with Crippen molar-refractivity contribution in [3.8, 4) is 28.4 Å². The van der Waals surface area contributed by atoms with Gasteiger partial charge in [-0.3, -0.25) is 4.79 Å². The van der Waals surface area contributed by atoms with E-state index in [0.717, 1.165) is 23.5 Å². The Morgan fingerprint density at radius 3 is 1.76 bits per heavy atom. The summed E-state index contributed by atoms with van der Waals surface area (Å²) in [7, 11) is 0. The lowest BCUT2D eigenvalue weighted by Gasteiger charge is -2.09. The fraction of sp³-hybridized carbons (Fsp3) is 0.188. The van der Waals surface area contributed by atoms with E-state index in [4.69, 9.17) is 23.7 Å². The van der Waals surface area contributed by atoms with Gasteiger partial charge in [-0.25, -0.2) is 14.4 Å². The van der Waals surface area contributed by atoms with Gasteiger partial charge in [0, 0.05) is 6.08 Å². The van der Waals surface area contributed by atoms with Crippen molar-refractivity contribution in [2.24, 2.45) is 0 Å². The zero-order valence-corrected chi connectivity index (χ0v) is 22.8. The van der Waals surface area contributed by atoms with E-state index in [1.165, 1.54) is 0 Å². The molecular weight excluding hydrogens is 544 g/mol. The number of unbranched alkanes of at least 4 members (excludes halogenated alkanes) is 1. The summed E-state index contributed by atoms with van der Waals surface area (Å²) in [6.45, 7) is 7.11. The molecule has 0 aliphatic carbocycles. The molecule has 0 saturated carbocycles. The molecule has 10 heteroatoms. The number of esters is 3. The second-order valence-corrected chi connectivity index (χ2v) is 8.50. The molecule has 0 aromatic heterocycles. The number of ether oxygens (including phenoxy) is 6. The van der Waals surface area contributed by atoms with Gasteiger partial charge in [0.1, 0.15) is 17.2 Å². The standard InChI is InChI=1S/C32H30O10/c1-3-29(33)39-20-5-6-21-40-32(36)42-28-17-9-24(10-18-28)23-7-15-27(16-8-23)41-31(35)25-11-13-26(14-12-25)38-22-19-30(34)37-4-2/h3-4,7-18H,1-2,5-6,19-22H2. The quantitative estimate of drug-likeness (QED) is 0.0403. The summed E-state index contributed by atoms with van der Waals surface area (Å²) in [4.78, 5) is 46.7. The molecule has 0 fully saturated rings. The third-order valence-corrected chi connectivity index (χ3v) is 5.50. The Morgan fingerprint density at radius 2 is 1.19 bits per heavy atom. The molecule has 3 rings (SSSR count). The third-order valence-electron chi connectivity index (χ3n) is 5.50. The minimum absolute atomic E-state index is 0.0681. The van der Waals surface area contributed by atoms with Crippen LogP contribution in [0.2, 0.25) is 0 Å². The van der Waals surface area contributed by atoms with Crippen LogP contribution in [-0.4, -0.2) is 43.9 Å². The van der Waals surface area contributed by atoms with Gasteiger partial charge in [0.2, 0.25) is 0 Å². The Labute approximate surface area is 243 Å². The normalized spacial score (nSPS) is 10.1. The number of hydrogen-bond donors (Lipinski definition) is 0. The zero-order chi connectivity index (χ0) is 30.2. The van der Waals surface area contributed by atoms with E-state index >= 15 is 0 Å². The lowest BCUT2D eigenvalue weighted by atomic mass is 10.1. The van der Waals surface area contributed by atoms with Crippen LogP contribution >= 0.6 is 0 Å². The van der Waals surface area contributed by atoms with Crippen LogP contribution in [0.15, 0.2) is 98.3 Å². The summed E-state index contributed by atoms with van der Waals surface area (Å²) in [5.74, 6) is -0.292. The lowest BCUT2D eigenvalue weighted by Crippen LogP contribution is -2.12. The SMILES string of the molecule is C=COC(=O)CCOc1ccc(C(=O)Oc2ccc(-c3ccc(OC(=O)OCCCCOC(=O)C=C)cc3)cc2)cc1. The van der Waals surface area contributed by atoms with Crippen molar-refractivity contribution in [1.29, 1.82) is 0 Å². The maximum absolute atomic E-state index is 12.5. The summed E-state index contributed by atoms with van der Waals surface area (Å²) in [6, 6.07) is 20.1. The minimum atomic E-state index is -0.829. The van der Waals surface area contributed by atoms with Crippen molar-refractivity contribution < 1.29 is 47.6 Å². The Hall–Kier alpha value is -5.38. The van der Waals surface area contributed by atoms with Gasteiger partial charge in [-0.15, -0.1) is 0 Å². The van der Waals surface area contributed by atoms with Crippen LogP contribution in [0.1, 0.15) is 29.6 Å². The van der Waals surface area contributed by atoms with E-state index in [1.54, 1.807) is 72.8 Å². The largest absolute Gasteiger partial charge is 0.513 e. The van der Waals surface area contributed by atoms with Crippen molar-refractivity contribution in [2.75, 3.05) is 19.8 Å². The van der Waals surface area contributed by atoms with Crippen LogP contribution in [0.4, 0.5) is 4.79 Å². The highest BCUT2D eigenvalue weighted by atomic mass is 16.7. The van der Waals surface area contributed by atoms with Crippen LogP contribution in [0.3, 0.4) is 0 Å². The zero-order valence-electron chi connectivity index (χ0n) is 22.8. The third kappa shape index (κ3) is 10.6. The molecule has 0 N–H and O–H groups in total. The molecule has 0 aliphatic heterocycles. The fourth-order valence-electron chi connectivity index (χ4n) is 3.41. The van der Waals surface area contributed by atoms with Crippen LogP contribution in [-0.2, 0) is 23.8 Å². The van der Waals surface area contributed by atoms with Crippen molar-refractivity contribution in [3.63, 3.8) is 0 Å². The number of carbonyl (C=O) groups excluding carboxylic acids is 4. The average Bonchev–Trinajstić information content (AvgIpc) is 3.00. The van der Waals surface area contributed by atoms with E-state index in [9.17, 15) is 19.2 Å². The molecule has 0 unspecified atom stereocenters. The van der Waals surface area contributed by atoms with Crippen LogP contribution in [0.5, 0.6) is 17.2 Å². The highest BCUT2D eigenvalue weighted by Crippen LogP contribution is 2.25. The molecular formula is C32H30O10. The Bertz CT molecular complexity index is 1360. The monoisotopic (exact) mass is 574 g/mol. The summed E-state index contributed by atoms with van der Waals surface area (Å²) in [5.41, 5.74) is 2.05. The molecule has 0 saturated heterocycles. The van der Waals surface area contributed by atoms with E-state index < -0.39 is 24.1 Å². The van der Waals surface area contributed by atoms with Crippen molar-refractivity contribution in [1.82, 2.24) is 0 Å². The smallest absolute Gasteiger partial charge is 0.493 e. The molecule has 0 spiro atoms. The van der Waals surface area contributed by atoms with E-state index in [2.05, 4.69) is 17.9 Å². The van der Waals surface area contributed by atoms with Gasteiger partial charge in [0.15, 0.2) is 0 Å². The first-order valence-corrected chi connectivity index (χ1v) is 13.0. The first kappa shape index (κ1) is 31.2. The van der Waals surface area contributed by atoms with E-state index in [1.807, 2.05) is 0 Å². The second-order valence-electron chi connectivity index (χ2n) is 8.50. The molecule has 42 heavy (non-hydrogen) atoms. The Kier molecular flexibility index (Phi) is 12.4. The van der Waals surface area contributed by atoms with Gasteiger partial charge >= 0.3 is 24.1 Å². The van der Waals surface area contributed by atoms with Crippen molar-refractivity contribution >= 4 is 24.1 Å². The Balaban J connectivity index is 1.42. The van der Waals surface area contributed by atoms with Crippen LogP contribution in [0, 0.1) is 0 Å². The van der Waals surface area contributed by atoms with Crippen LogP contribution in [0.25, 0.3) is 11.1 Å². The highest BCUT2D eigenvalue weighted by Gasteiger charge is 2.11. The maximum Gasteiger partial charge on any atom is 0.513 e. The number of hydrogen-bond acceptors (Lipinski definition) is 10. The van der Waals surface area contributed by atoms with Crippen molar-refractivity contribution in [3.05, 3.63) is 104 Å². The predicted molar refractivity (Wildman–Crippen MR) is 152 cm³/mol. The molecule has 3 aromatic carbocycles. The highest BCUT2D eigenvalue weighted by molar-refractivity contribution is 5.91. The molecule has 0 bridgehead atoms. The van der Waals surface area contributed by atoms with Gasteiger partial charge < -0.3 is 28.4 Å². The van der Waals surface area contributed by atoms with Gasteiger partial charge in [-0.1, -0.05) is 37.4 Å². The minimum Gasteiger partial charge on any atom is -0.493 e. The van der Waals surface area contributed by atoms with E-state index in [0.29, 0.717) is 35.7 Å². The van der Waals surface area contributed by atoms with Gasteiger partial charge in [0.25, 0.3) is 0 Å². The summed E-state index contributed by atoms with van der Waals surface area (Å²) in [5, 5.41) is 0. The first-order valence-electron chi connectivity index (χ1n) is 13.0. The number of carbonyl (C=O) groups is 4. The summed E-state index contributed by atoms with van der Waals surface area (Å²) in [6.07, 6.45) is 2.45. The molecule has 0 atom stereocenters. The molecule has 10 nitrogen and oxygen atoms in total. The van der Waals surface area contributed by atoms with Gasteiger partial charge in [-0.2, -0.15) is 0 Å². The van der Waals surface area contributed by atoms with E-state index in [-0.39, 0.29) is 26.2 Å². The average molecular weight is 575 g/mol. The molecule has 0 radical (unpaired) electrons. The number of rotatable bonds is 15. The maximum atomic E-state index is 12.5. The van der Waals surface area contributed by atoms with Crippen LogP contribution < -0.4 is 14.2 Å². The lowest BCUT2D eigenvalue weighted by molar-refractivity contribution is -0.139. The first-order chi connectivity index (χ1) is 20.4. The summed E-state index contributed by atoms with van der Waals surface area (Å²) >= 11 is 0. The van der Waals surface area contributed by atoms with Gasteiger partial charge in [-0.05, 0) is 72.5 Å². The molecule has 0 amide bonds. The molecule has 3 aromatic rings. The number of benzene rings is 3. The second kappa shape index (κ2) is 16.7. The fourth-order valence-corrected chi connectivity index (χ4v) is 3.41. The molecule has 0 heterocycles. The van der Waals surface area contributed by atoms with Gasteiger partial charge in [0.05, 0.1) is 38.1 Å². The molecule has 0 aliphatic rings. The van der Waals surface area contributed by atoms with Crippen molar-refractivity contribution in [2.45, 2.75) is 19.3 Å². The topological polar surface area (TPSA) is 124 Å².